The summed E-state index contributed by atoms with van der Waals surface area (Å²) in [5, 5.41) is 0.524. The number of rotatable bonds is 4. The molecule has 1 aromatic rings. The van der Waals surface area contributed by atoms with Gasteiger partial charge in [0.25, 0.3) is 0 Å². The Kier molecular flexibility index (Phi) is 4.23. The molecule has 2 rings (SSSR count). The number of nitrogens with zero attached hydrogens (tertiary/aromatic N) is 1. The minimum atomic E-state index is 0.0244. The van der Waals surface area contributed by atoms with Crippen molar-refractivity contribution < 1.29 is 14.3 Å². The molecule has 0 N–H and O–H groups in total. The van der Waals surface area contributed by atoms with Gasteiger partial charge in [-0.1, -0.05) is 11.6 Å². The van der Waals surface area contributed by atoms with Crippen LogP contribution in [0.25, 0.3) is 0 Å². The Labute approximate surface area is 105 Å². The Bertz CT molecular complexity index is 391. The highest BCUT2D eigenvalue weighted by Crippen LogP contribution is 2.29. The van der Waals surface area contributed by atoms with Crippen molar-refractivity contribution in [3.8, 4) is 5.75 Å². The molecule has 92 valence electrons. The molecule has 0 bridgehead atoms. The highest BCUT2D eigenvalue weighted by atomic mass is 35.5. The lowest BCUT2D eigenvalue weighted by Gasteiger charge is -2.29. The van der Waals surface area contributed by atoms with E-state index in [1.54, 1.807) is 6.07 Å². The number of benzene rings is 1. The van der Waals surface area contributed by atoms with E-state index in [-0.39, 0.29) is 6.61 Å². The molecule has 17 heavy (non-hydrogen) atoms. The van der Waals surface area contributed by atoms with Crippen LogP contribution in [-0.2, 0) is 9.53 Å². The third-order valence-corrected chi connectivity index (χ3v) is 2.89. The van der Waals surface area contributed by atoms with Crippen molar-refractivity contribution in [1.29, 1.82) is 0 Å². The first-order chi connectivity index (χ1) is 8.31. The van der Waals surface area contributed by atoms with Crippen LogP contribution in [0.15, 0.2) is 18.2 Å². The van der Waals surface area contributed by atoms with Crippen molar-refractivity contribution in [3.05, 3.63) is 23.2 Å². The molecule has 0 radical (unpaired) electrons. The molecule has 1 aliphatic heterocycles. The van der Waals surface area contributed by atoms with Gasteiger partial charge in [0.2, 0.25) is 0 Å². The summed E-state index contributed by atoms with van der Waals surface area (Å²) in [7, 11) is 0. The van der Waals surface area contributed by atoms with Gasteiger partial charge < -0.3 is 14.4 Å². The Morgan fingerprint density at radius 2 is 2.18 bits per heavy atom. The molecule has 5 heteroatoms. The van der Waals surface area contributed by atoms with E-state index in [1.807, 2.05) is 12.1 Å². The first-order valence-electron chi connectivity index (χ1n) is 5.50. The van der Waals surface area contributed by atoms with Crippen LogP contribution >= 0.6 is 11.6 Å². The number of ether oxygens (including phenoxy) is 2. The second kappa shape index (κ2) is 5.89. The summed E-state index contributed by atoms with van der Waals surface area (Å²) in [6, 6.07) is 5.58. The van der Waals surface area contributed by atoms with Crippen molar-refractivity contribution in [2.24, 2.45) is 0 Å². The lowest BCUT2D eigenvalue weighted by molar-refractivity contribution is -0.109. The SMILES string of the molecule is O=CCOc1ccc(N2CCOCC2)cc1Cl. The van der Waals surface area contributed by atoms with E-state index in [0.29, 0.717) is 17.1 Å². The number of carbonyl (C=O) groups excluding carboxylic acids is 1. The second-order valence-corrected chi connectivity index (χ2v) is 4.10. The van der Waals surface area contributed by atoms with Gasteiger partial charge in [-0.25, -0.2) is 0 Å². The summed E-state index contributed by atoms with van der Waals surface area (Å²) in [5.74, 6) is 0.538. The summed E-state index contributed by atoms with van der Waals surface area (Å²) in [4.78, 5) is 12.4. The second-order valence-electron chi connectivity index (χ2n) is 3.69. The first kappa shape index (κ1) is 12.2. The molecular formula is C12H14ClNO3. The molecule has 0 amide bonds. The number of halogens is 1. The zero-order valence-corrected chi connectivity index (χ0v) is 10.2. The van der Waals surface area contributed by atoms with E-state index in [0.717, 1.165) is 32.0 Å². The van der Waals surface area contributed by atoms with E-state index in [4.69, 9.17) is 21.1 Å². The van der Waals surface area contributed by atoms with Gasteiger partial charge in [0.1, 0.15) is 12.4 Å². The van der Waals surface area contributed by atoms with Crippen molar-refractivity contribution in [2.45, 2.75) is 0 Å². The zero-order valence-electron chi connectivity index (χ0n) is 9.39. The van der Waals surface area contributed by atoms with Gasteiger partial charge in [0.05, 0.1) is 18.2 Å². The van der Waals surface area contributed by atoms with Gasteiger partial charge in [-0.15, -0.1) is 0 Å². The topological polar surface area (TPSA) is 38.8 Å². The molecule has 1 aromatic carbocycles. The molecule has 0 aromatic heterocycles. The van der Waals surface area contributed by atoms with Crippen LogP contribution in [0.4, 0.5) is 5.69 Å². The third kappa shape index (κ3) is 3.11. The Morgan fingerprint density at radius 3 is 2.82 bits per heavy atom. The van der Waals surface area contributed by atoms with Crippen LogP contribution in [0, 0.1) is 0 Å². The van der Waals surface area contributed by atoms with Crippen molar-refractivity contribution in [2.75, 3.05) is 37.8 Å². The number of morpholine rings is 1. The normalized spacial score (nSPS) is 15.7. The highest BCUT2D eigenvalue weighted by Gasteiger charge is 2.12. The molecule has 4 nitrogen and oxygen atoms in total. The van der Waals surface area contributed by atoms with Crippen LogP contribution in [0.1, 0.15) is 0 Å². The van der Waals surface area contributed by atoms with E-state index < -0.39 is 0 Å². The monoisotopic (exact) mass is 255 g/mol. The summed E-state index contributed by atoms with van der Waals surface area (Å²) >= 11 is 6.09. The Balaban J connectivity index is 2.09. The molecule has 1 aliphatic rings. The Hall–Kier alpha value is -1.26. The summed E-state index contributed by atoms with van der Waals surface area (Å²) in [6.07, 6.45) is 0.701. The number of anilines is 1. The van der Waals surface area contributed by atoms with Gasteiger partial charge in [0, 0.05) is 18.8 Å². The van der Waals surface area contributed by atoms with E-state index in [1.165, 1.54) is 0 Å². The van der Waals surface area contributed by atoms with Crippen LogP contribution < -0.4 is 9.64 Å². The third-order valence-electron chi connectivity index (χ3n) is 2.60. The Morgan fingerprint density at radius 1 is 1.41 bits per heavy atom. The first-order valence-corrected chi connectivity index (χ1v) is 5.88. The maximum Gasteiger partial charge on any atom is 0.157 e. The van der Waals surface area contributed by atoms with Crippen molar-refractivity contribution in [3.63, 3.8) is 0 Å². The van der Waals surface area contributed by atoms with E-state index in [9.17, 15) is 4.79 Å². The minimum Gasteiger partial charge on any atom is -0.485 e. The van der Waals surface area contributed by atoms with Crippen LogP contribution in [0.2, 0.25) is 5.02 Å². The molecular weight excluding hydrogens is 242 g/mol. The van der Waals surface area contributed by atoms with Gasteiger partial charge >= 0.3 is 0 Å². The molecule has 0 unspecified atom stereocenters. The largest absolute Gasteiger partial charge is 0.485 e. The predicted molar refractivity (Wildman–Crippen MR) is 66.0 cm³/mol. The molecule has 1 saturated heterocycles. The van der Waals surface area contributed by atoms with Crippen LogP contribution in [0.5, 0.6) is 5.75 Å². The smallest absolute Gasteiger partial charge is 0.157 e. The molecule has 0 atom stereocenters. The number of hydrogen-bond acceptors (Lipinski definition) is 4. The average molecular weight is 256 g/mol. The highest BCUT2D eigenvalue weighted by molar-refractivity contribution is 6.32. The van der Waals surface area contributed by atoms with Gasteiger partial charge in [0.15, 0.2) is 6.29 Å². The maximum absolute atomic E-state index is 10.2. The number of aldehydes is 1. The number of carbonyl (C=O) groups is 1. The average Bonchev–Trinajstić information content (AvgIpc) is 2.38. The van der Waals surface area contributed by atoms with Gasteiger partial charge in [-0.05, 0) is 18.2 Å². The van der Waals surface area contributed by atoms with E-state index in [2.05, 4.69) is 4.90 Å². The molecule has 1 heterocycles. The lowest BCUT2D eigenvalue weighted by atomic mass is 10.2. The van der Waals surface area contributed by atoms with E-state index >= 15 is 0 Å². The summed E-state index contributed by atoms with van der Waals surface area (Å²) < 4.78 is 10.5. The quantitative estimate of drug-likeness (QED) is 0.769. The molecule has 0 aliphatic carbocycles. The standard InChI is InChI=1S/C12H14ClNO3/c13-11-9-10(14-3-6-16-7-4-14)1-2-12(11)17-8-5-15/h1-2,5,9H,3-4,6-8H2. The van der Waals surface area contributed by atoms with Crippen LogP contribution in [0.3, 0.4) is 0 Å². The minimum absolute atomic E-state index is 0.0244. The fraction of sp³-hybridized carbons (Fsp3) is 0.417. The van der Waals surface area contributed by atoms with Crippen LogP contribution in [-0.4, -0.2) is 39.2 Å². The lowest BCUT2D eigenvalue weighted by Crippen LogP contribution is -2.36. The predicted octanol–water partition coefficient (Wildman–Crippen LogP) is 1.75. The summed E-state index contributed by atoms with van der Waals surface area (Å²) in [5.41, 5.74) is 1.05. The van der Waals surface area contributed by atoms with Crippen molar-refractivity contribution >= 4 is 23.6 Å². The molecule has 0 saturated carbocycles. The fourth-order valence-corrected chi connectivity index (χ4v) is 1.98. The summed E-state index contributed by atoms with van der Waals surface area (Å²) in [6.45, 7) is 3.23. The molecule has 0 spiro atoms. The van der Waals surface area contributed by atoms with Gasteiger partial charge in [-0.2, -0.15) is 0 Å². The molecule has 1 fully saturated rings. The number of hydrogen-bond donors (Lipinski definition) is 0. The van der Waals surface area contributed by atoms with Gasteiger partial charge in [-0.3, -0.25) is 4.79 Å². The fourth-order valence-electron chi connectivity index (χ4n) is 1.75. The van der Waals surface area contributed by atoms with Crippen molar-refractivity contribution in [1.82, 2.24) is 0 Å². The zero-order chi connectivity index (χ0) is 12.1. The maximum atomic E-state index is 10.2.